The van der Waals surface area contributed by atoms with Gasteiger partial charge in [0.05, 0.1) is 49.7 Å². The zero-order chi connectivity index (χ0) is 83.3. The van der Waals surface area contributed by atoms with Crippen molar-refractivity contribution >= 4 is 206 Å². The topological polar surface area (TPSA) is 103 Å². The van der Waals surface area contributed by atoms with Gasteiger partial charge in [-0.25, -0.2) is 15.0 Å². The monoisotopic (exact) mass is 1660 g/mol. The fourth-order valence-electron chi connectivity index (χ4n) is 19.0. The molecular weight excluding hydrogens is 1580 g/mol. The SMILES string of the molecule is O=P(c1ccccc1)(c1ccccc1)c1ccc2ccc(-c3ccc4c(c3)c3ccccc3c3nc5ccccc5n43)cc2c1.O=P(c1ccccc1)(c1ccccc1)c1ccc2ccc(-c3cccc4c3c3ccccc3c3nc5ccccc5n43)cc2c1.O=P(c1ccccc1)(c1ccccc1)c1ccc2nc3c4ccccc4c4ccccc4n3c2c1. The Kier molecular flexibility index (Phi) is 18.2. The van der Waals surface area contributed by atoms with E-state index >= 15 is 9.13 Å². The highest BCUT2D eigenvalue weighted by Gasteiger charge is 2.34. The van der Waals surface area contributed by atoms with Gasteiger partial charge >= 0.3 is 0 Å². The normalized spacial score (nSPS) is 12.1. The molecule has 0 radical (unpaired) electrons. The molecule has 25 aromatic rings. The Balaban J connectivity index is 0.000000109. The minimum Gasteiger partial charge on any atom is -0.309 e. The zero-order valence-corrected chi connectivity index (χ0v) is 70.2. The number of aromatic nitrogens is 6. The Morgan fingerprint density at radius 1 is 0.176 bits per heavy atom. The van der Waals surface area contributed by atoms with Crippen molar-refractivity contribution in [3.63, 3.8) is 0 Å². The smallest absolute Gasteiger partial charge is 0.171 e. The summed E-state index contributed by atoms with van der Waals surface area (Å²) in [5.41, 5.74) is 16.8. The molecule has 0 bridgehead atoms. The van der Waals surface area contributed by atoms with E-state index in [4.69, 9.17) is 15.0 Å². The van der Waals surface area contributed by atoms with Crippen molar-refractivity contribution in [2.75, 3.05) is 0 Å². The van der Waals surface area contributed by atoms with Crippen LogP contribution in [0, 0.1) is 0 Å². The highest BCUT2D eigenvalue weighted by molar-refractivity contribution is 7.86. The second-order valence-corrected chi connectivity index (χ2v) is 40.2. The molecule has 9 nitrogen and oxygen atoms in total. The predicted octanol–water partition coefficient (Wildman–Crippen LogP) is 24.9. The number of imidazole rings is 3. The number of benzene rings is 19. The Labute approximate surface area is 719 Å². The lowest BCUT2D eigenvalue weighted by Gasteiger charge is -2.20. The van der Waals surface area contributed by atoms with E-state index in [1.165, 1.54) is 32.3 Å². The molecule has 590 valence electrons. The number of hydrogen-bond donors (Lipinski definition) is 0. The Bertz CT molecular complexity index is 8660. The quantitative estimate of drug-likeness (QED) is 0.0944. The molecule has 19 aromatic carbocycles. The van der Waals surface area contributed by atoms with Crippen LogP contribution < -0.4 is 47.7 Å². The van der Waals surface area contributed by atoms with E-state index in [0.717, 1.165) is 174 Å². The van der Waals surface area contributed by atoms with Gasteiger partial charge in [0.1, 0.15) is 16.9 Å². The summed E-state index contributed by atoms with van der Waals surface area (Å²) in [6, 6.07) is 155. The minimum absolute atomic E-state index is 0.807. The Morgan fingerprint density at radius 3 is 0.968 bits per heavy atom. The van der Waals surface area contributed by atoms with Crippen LogP contribution in [-0.2, 0) is 13.7 Å². The molecule has 0 unspecified atom stereocenters. The van der Waals surface area contributed by atoms with Crippen LogP contribution in [0.25, 0.3) is 159 Å². The third-order valence-electron chi connectivity index (χ3n) is 24.9. The molecule has 6 aromatic heterocycles. The average molecular weight is 1660 g/mol. The van der Waals surface area contributed by atoms with Gasteiger partial charge in [0, 0.05) is 80.1 Å². The molecule has 0 amide bonds. The molecule has 12 heteroatoms. The maximum atomic E-state index is 15.1. The van der Waals surface area contributed by atoms with Gasteiger partial charge in [-0.05, 0) is 151 Å². The molecule has 0 N–H and O–H groups in total. The molecule has 0 saturated carbocycles. The molecule has 0 aliphatic carbocycles. The number of pyridine rings is 3. The average Bonchev–Trinajstić information content (AvgIpc) is 1.61. The third kappa shape index (κ3) is 12.4. The second-order valence-electron chi connectivity index (χ2n) is 31.9. The molecule has 25 rings (SSSR count). The first kappa shape index (κ1) is 74.8. The first-order valence-corrected chi connectivity index (χ1v) is 47.1. The van der Waals surface area contributed by atoms with Crippen LogP contribution >= 0.6 is 21.4 Å². The van der Waals surface area contributed by atoms with E-state index in [1.807, 2.05) is 218 Å². The van der Waals surface area contributed by atoms with Gasteiger partial charge in [0.25, 0.3) is 0 Å². The fourth-order valence-corrected chi connectivity index (χ4v) is 27.0. The van der Waals surface area contributed by atoms with Gasteiger partial charge in [-0.3, -0.25) is 13.2 Å². The van der Waals surface area contributed by atoms with E-state index < -0.39 is 21.4 Å². The molecule has 0 saturated heterocycles. The lowest BCUT2D eigenvalue weighted by Crippen LogP contribution is -2.24. The van der Waals surface area contributed by atoms with Crippen LogP contribution in [0.5, 0.6) is 0 Å². The lowest BCUT2D eigenvalue weighted by molar-refractivity contribution is 0.591. The number of nitrogens with zero attached hydrogens (tertiary/aromatic N) is 6. The van der Waals surface area contributed by atoms with Gasteiger partial charge < -0.3 is 13.7 Å². The summed E-state index contributed by atoms with van der Waals surface area (Å²) in [6.45, 7) is 0. The third-order valence-corrected chi connectivity index (χ3v) is 34.0. The van der Waals surface area contributed by atoms with Crippen molar-refractivity contribution < 1.29 is 13.7 Å². The number of fused-ring (bicyclic) bond motifs is 26. The van der Waals surface area contributed by atoms with E-state index in [2.05, 4.69) is 250 Å². The molecule has 0 fully saturated rings. The van der Waals surface area contributed by atoms with Crippen molar-refractivity contribution in [3.05, 3.63) is 455 Å². The fraction of sp³-hybridized carbons (Fsp3) is 0. The standard InChI is InChI=1S/2C41H27N2OP.C31H21N2OP/c44-45(31-12-3-1-4-13-31,32-14-5-2-6-15-32)33-25-24-28-22-23-29(26-30(28)27-33)34-18-11-21-39-40(34)35-16-7-8-17-36(35)41-42-37-19-9-10-20-38(37)43(39)41;44-45(32-11-3-1-4-12-32,33-13-5-2-6-14-33)34-23-21-28-19-20-29(25-31(28)26-34)30-22-24-39-37(27-30)35-15-7-8-16-36(35)41-42-38-17-9-10-18-40(38)43(39)41;34-35(22-11-3-1-4-12-22,23-13-5-2-6-14-23)24-19-20-28-30(21-24)33-29-18-10-9-16-26(29)25-15-7-8-17-27(25)31(33)32-28/h2*1-27H;1-21H. The van der Waals surface area contributed by atoms with Crippen molar-refractivity contribution in [3.8, 4) is 22.3 Å². The number of hydrogen-bond acceptors (Lipinski definition) is 6. The Hall–Kier alpha value is -15.2. The lowest BCUT2D eigenvalue weighted by atomic mass is 9.94. The van der Waals surface area contributed by atoms with Gasteiger partial charge in [-0.15, -0.1) is 0 Å². The van der Waals surface area contributed by atoms with Crippen LogP contribution in [0.15, 0.2) is 455 Å². The van der Waals surface area contributed by atoms with Crippen LogP contribution in [0.3, 0.4) is 0 Å². The maximum Gasteiger partial charge on any atom is 0.171 e. The van der Waals surface area contributed by atoms with Crippen molar-refractivity contribution in [2.45, 2.75) is 0 Å². The molecule has 0 aliphatic heterocycles. The summed E-state index contributed by atoms with van der Waals surface area (Å²) >= 11 is 0. The summed E-state index contributed by atoms with van der Waals surface area (Å²) in [5, 5.41) is 22.3. The Morgan fingerprint density at radius 2 is 0.488 bits per heavy atom. The van der Waals surface area contributed by atoms with Crippen LogP contribution in [0.1, 0.15) is 0 Å². The maximum absolute atomic E-state index is 15.1. The number of para-hydroxylation sites is 5. The van der Waals surface area contributed by atoms with Crippen LogP contribution in [0.2, 0.25) is 0 Å². The molecule has 0 spiro atoms. The highest BCUT2D eigenvalue weighted by atomic mass is 31.2. The van der Waals surface area contributed by atoms with E-state index in [-0.39, 0.29) is 0 Å². The van der Waals surface area contributed by atoms with Gasteiger partial charge in [-0.1, -0.05) is 364 Å². The first-order valence-electron chi connectivity index (χ1n) is 42.0. The van der Waals surface area contributed by atoms with Crippen molar-refractivity contribution in [1.29, 1.82) is 0 Å². The summed E-state index contributed by atoms with van der Waals surface area (Å²) < 4.78 is 52.0. The summed E-state index contributed by atoms with van der Waals surface area (Å²) in [5.74, 6) is 0. The molecular formula is C113H75N6O3P3. The van der Waals surface area contributed by atoms with Gasteiger partial charge in [0.15, 0.2) is 21.4 Å². The van der Waals surface area contributed by atoms with Crippen LogP contribution in [0.4, 0.5) is 0 Å². The zero-order valence-electron chi connectivity index (χ0n) is 67.6. The van der Waals surface area contributed by atoms with Crippen molar-refractivity contribution in [1.82, 2.24) is 28.2 Å². The molecule has 0 aliphatic rings. The molecule has 0 atom stereocenters. The number of rotatable bonds is 11. The summed E-state index contributed by atoms with van der Waals surface area (Å²) in [4.78, 5) is 15.1. The van der Waals surface area contributed by atoms with Gasteiger partial charge in [-0.2, -0.15) is 0 Å². The predicted molar refractivity (Wildman–Crippen MR) is 527 cm³/mol. The van der Waals surface area contributed by atoms with Crippen LogP contribution in [-0.4, -0.2) is 28.2 Å². The summed E-state index contributed by atoms with van der Waals surface area (Å²) in [6.07, 6.45) is 0. The molecule has 125 heavy (non-hydrogen) atoms. The second kappa shape index (κ2) is 30.4. The minimum atomic E-state index is -3.09. The van der Waals surface area contributed by atoms with E-state index in [9.17, 15) is 4.57 Å². The largest absolute Gasteiger partial charge is 0.309 e. The molecule has 6 heterocycles. The van der Waals surface area contributed by atoms with E-state index in [1.54, 1.807) is 0 Å². The van der Waals surface area contributed by atoms with Crippen molar-refractivity contribution in [2.24, 2.45) is 0 Å². The first-order chi connectivity index (χ1) is 61.6. The summed E-state index contributed by atoms with van der Waals surface area (Å²) in [7, 11) is -9.25. The highest BCUT2D eigenvalue weighted by Crippen LogP contribution is 2.48. The van der Waals surface area contributed by atoms with E-state index in [0.29, 0.717) is 0 Å². The van der Waals surface area contributed by atoms with Gasteiger partial charge in [0.2, 0.25) is 0 Å².